The van der Waals surface area contributed by atoms with Gasteiger partial charge in [-0.15, -0.1) is 0 Å². The molecule has 0 saturated carbocycles. The van der Waals surface area contributed by atoms with E-state index in [1.54, 1.807) is 0 Å². The summed E-state index contributed by atoms with van der Waals surface area (Å²) in [7, 11) is 0. The van der Waals surface area contributed by atoms with E-state index in [4.69, 9.17) is 11.6 Å². The molecule has 1 aromatic heterocycles. The second kappa shape index (κ2) is 3.03. The number of rotatable bonds is 1. The standard InChI is InChI=1S/C10H8ClN/c11-9-4-3-5-10(8-9)12-6-1-2-7-12/h1-8H. The molecule has 2 aromatic rings. The molecule has 0 aliphatic heterocycles. The van der Waals surface area contributed by atoms with Crippen molar-refractivity contribution in [3.63, 3.8) is 0 Å². The molecule has 0 unspecified atom stereocenters. The lowest BCUT2D eigenvalue weighted by Crippen LogP contribution is -1.87. The van der Waals surface area contributed by atoms with E-state index >= 15 is 0 Å². The zero-order chi connectivity index (χ0) is 8.39. The maximum Gasteiger partial charge on any atom is 0.0464 e. The van der Waals surface area contributed by atoms with Crippen LogP contribution in [0.5, 0.6) is 0 Å². The fourth-order valence-corrected chi connectivity index (χ4v) is 1.33. The Morgan fingerprint density at radius 2 is 1.75 bits per heavy atom. The van der Waals surface area contributed by atoms with E-state index < -0.39 is 0 Å². The van der Waals surface area contributed by atoms with Gasteiger partial charge in [0.15, 0.2) is 0 Å². The molecule has 2 rings (SSSR count). The highest BCUT2D eigenvalue weighted by molar-refractivity contribution is 6.30. The van der Waals surface area contributed by atoms with E-state index in [0.29, 0.717) is 0 Å². The molecule has 60 valence electrons. The molecule has 1 nitrogen and oxygen atoms in total. The van der Waals surface area contributed by atoms with Gasteiger partial charge in [-0.3, -0.25) is 0 Å². The van der Waals surface area contributed by atoms with Crippen LogP contribution in [0.2, 0.25) is 5.02 Å². The summed E-state index contributed by atoms with van der Waals surface area (Å²) < 4.78 is 2.02. The van der Waals surface area contributed by atoms with Crippen molar-refractivity contribution in [3.8, 4) is 5.69 Å². The predicted octanol–water partition coefficient (Wildman–Crippen LogP) is 3.13. The minimum atomic E-state index is 0.765. The van der Waals surface area contributed by atoms with Crippen molar-refractivity contribution in [2.75, 3.05) is 0 Å². The van der Waals surface area contributed by atoms with Crippen molar-refractivity contribution in [2.45, 2.75) is 0 Å². The molecule has 2 heteroatoms. The molecule has 0 radical (unpaired) electrons. The van der Waals surface area contributed by atoms with Crippen molar-refractivity contribution in [3.05, 3.63) is 53.8 Å². The van der Waals surface area contributed by atoms with E-state index in [1.807, 2.05) is 53.4 Å². The second-order valence-electron chi connectivity index (χ2n) is 2.57. The highest BCUT2D eigenvalue weighted by Gasteiger charge is 1.93. The molecule has 0 aliphatic rings. The number of benzene rings is 1. The minimum Gasteiger partial charge on any atom is -0.324 e. The zero-order valence-corrected chi connectivity index (χ0v) is 7.20. The summed E-state index contributed by atoms with van der Waals surface area (Å²) in [6.45, 7) is 0. The Morgan fingerprint density at radius 3 is 2.42 bits per heavy atom. The molecule has 1 aromatic carbocycles. The van der Waals surface area contributed by atoms with E-state index in [-0.39, 0.29) is 0 Å². The van der Waals surface area contributed by atoms with Crippen molar-refractivity contribution >= 4 is 11.6 Å². The number of nitrogens with zero attached hydrogens (tertiary/aromatic N) is 1. The van der Waals surface area contributed by atoms with Crippen LogP contribution >= 0.6 is 11.6 Å². The maximum atomic E-state index is 5.85. The van der Waals surface area contributed by atoms with Gasteiger partial charge in [-0.25, -0.2) is 0 Å². The summed E-state index contributed by atoms with van der Waals surface area (Å²) in [5.41, 5.74) is 1.09. The first-order valence-electron chi connectivity index (χ1n) is 3.75. The van der Waals surface area contributed by atoms with E-state index in [1.165, 1.54) is 0 Å². The largest absolute Gasteiger partial charge is 0.324 e. The average Bonchev–Trinajstić information content (AvgIpc) is 2.56. The molecule has 0 saturated heterocycles. The van der Waals surface area contributed by atoms with Gasteiger partial charge in [0.2, 0.25) is 0 Å². The third-order valence-electron chi connectivity index (χ3n) is 1.71. The van der Waals surface area contributed by atoms with Crippen LogP contribution in [-0.2, 0) is 0 Å². The van der Waals surface area contributed by atoms with Crippen molar-refractivity contribution in [2.24, 2.45) is 0 Å². The molecule has 0 amide bonds. The Kier molecular flexibility index (Phi) is 1.88. The second-order valence-corrected chi connectivity index (χ2v) is 3.01. The quantitative estimate of drug-likeness (QED) is 0.631. The monoisotopic (exact) mass is 177 g/mol. The van der Waals surface area contributed by atoms with Gasteiger partial charge in [0.25, 0.3) is 0 Å². The molecule has 0 N–H and O–H groups in total. The van der Waals surface area contributed by atoms with E-state index in [0.717, 1.165) is 10.7 Å². The average molecular weight is 178 g/mol. The lowest BCUT2D eigenvalue weighted by atomic mass is 10.3. The van der Waals surface area contributed by atoms with Crippen LogP contribution in [0.25, 0.3) is 5.69 Å². The van der Waals surface area contributed by atoms with Crippen LogP contribution in [0.15, 0.2) is 48.8 Å². The highest BCUT2D eigenvalue weighted by atomic mass is 35.5. The van der Waals surface area contributed by atoms with Crippen LogP contribution in [0.3, 0.4) is 0 Å². The van der Waals surface area contributed by atoms with Gasteiger partial charge in [0, 0.05) is 23.1 Å². The topological polar surface area (TPSA) is 4.93 Å². The third-order valence-corrected chi connectivity index (χ3v) is 1.95. The van der Waals surface area contributed by atoms with Gasteiger partial charge in [-0.05, 0) is 30.3 Å². The van der Waals surface area contributed by atoms with Crippen LogP contribution in [0, 0.1) is 0 Å². The molecule has 0 atom stereocenters. The van der Waals surface area contributed by atoms with Gasteiger partial charge in [-0.1, -0.05) is 17.7 Å². The highest BCUT2D eigenvalue weighted by Crippen LogP contribution is 2.14. The Balaban J connectivity index is 2.48. The summed E-state index contributed by atoms with van der Waals surface area (Å²) >= 11 is 5.85. The predicted molar refractivity (Wildman–Crippen MR) is 50.8 cm³/mol. The maximum absolute atomic E-state index is 5.85. The summed E-state index contributed by atoms with van der Waals surface area (Å²) in [5, 5.41) is 0.765. The molecule has 0 aliphatic carbocycles. The fraction of sp³-hybridized carbons (Fsp3) is 0. The number of hydrogen-bond acceptors (Lipinski definition) is 0. The molecule has 12 heavy (non-hydrogen) atoms. The Hall–Kier alpha value is -1.21. The first-order chi connectivity index (χ1) is 5.86. The van der Waals surface area contributed by atoms with Crippen LogP contribution in [0.1, 0.15) is 0 Å². The summed E-state index contributed by atoms with van der Waals surface area (Å²) in [6.07, 6.45) is 3.98. The van der Waals surface area contributed by atoms with Crippen LogP contribution in [-0.4, -0.2) is 4.57 Å². The molecule has 0 spiro atoms. The van der Waals surface area contributed by atoms with Gasteiger partial charge in [0.1, 0.15) is 0 Å². The third kappa shape index (κ3) is 1.36. The Labute approximate surface area is 76.2 Å². The number of aromatic nitrogens is 1. The van der Waals surface area contributed by atoms with Gasteiger partial charge >= 0.3 is 0 Å². The molecular formula is C10H8ClN. The van der Waals surface area contributed by atoms with E-state index in [9.17, 15) is 0 Å². The molecule has 1 heterocycles. The van der Waals surface area contributed by atoms with Gasteiger partial charge < -0.3 is 4.57 Å². The van der Waals surface area contributed by atoms with Gasteiger partial charge in [-0.2, -0.15) is 0 Å². The Bertz CT molecular complexity index is 365. The van der Waals surface area contributed by atoms with Crippen molar-refractivity contribution in [1.82, 2.24) is 4.57 Å². The first-order valence-corrected chi connectivity index (χ1v) is 4.13. The molecular weight excluding hydrogens is 170 g/mol. The zero-order valence-electron chi connectivity index (χ0n) is 6.44. The minimum absolute atomic E-state index is 0.765. The number of halogens is 1. The van der Waals surface area contributed by atoms with E-state index in [2.05, 4.69) is 0 Å². The smallest absolute Gasteiger partial charge is 0.0464 e. The van der Waals surface area contributed by atoms with Gasteiger partial charge in [0.05, 0.1) is 0 Å². The SMILES string of the molecule is Clc1cccc(-n2cccc2)c1. The van der Waals surface area contributed by atoms with Crippen molar-refractivity contribution in [1.29, 1.82) is 0 Å². The normalized spacial score (nSPS) is 10.1. The summed E-state index contributed by atoms with van der Waals surface area (Å²) in [6, 6.07) is 11.7. The van der Waals surface area contributed by atoms with Crippen LogP contribution < -0.4 is 0 Å². The lowest BCUT2D eigenvalue weighted by Gasteiger charge is -2.01. The summed E-state index contributed by atoms with van der Waals surface area (Å²) in [5.74, 6) is 0. The molecule has 0 bridgehead atoms. The van der Waals surface area contributed by atoms with Crippen molar-refractivity contribution < 1.29 is 0 Å². The van der Waals surface area contributed by atoms with Crippen LogP contribution in [0.4, 0.5) is 0 Å². The summed E-state index contributed by atoms with van der Waals surface area (Å²) in [4.78, 5) is 0. The lowest BCUT2D eigenvalue weighted by molar-refractivity contribution is 1.08. The fourth-order valence-electron chi connectivity index (χ4n) is 1.14. The molecule has 0 fully saturated rings. The Morgan fingerprint density at radius 1 is 1.00 bits per heavy atom. The first kappa shape index (κ1) is 7.44. The number of hydrogen-bond donors (Lipinski definition) is 0.